The number of nitrogens with two attached hydrogens (primary N) is 1. The van der Waals surface area contributed by atoms with Crippen LogP contribution in [0.4, 0.5) is 15.8 Å². The average molecular weight is 164 g/mol. The third kappa shape index (κ3) is 1.37. The molecule has 0 amide bonds. The van der Waals surface area contributed by atoms with Crippen molar-refractivity contribution in [1.29, 1.82) is 0 Å². The van der Waals surface area contributed by atoms with E-state index in [1.165, 1.54) is 0 Å². The van der Waals surface area contributed by atoms with E-state index >= 15 is 0 Å². The normalized spacial score (nSPS) is 9.42. The van der Waals surface area contributed by atoms with Crippen LogP contribution in [0.15, 0.2) is 12.1 Å². The van der Waals surface area contributed by atoms with Gasteiger partial charge in [-0.2, -0.15) is 0 Å². The number of halogens is 1. The summed E-state index contributed by atoms with van der Waals surface area (Å²) in [6, 6.07) is 2.77. The quantitative estimate of drug-likeness (QED) is 0.501. The van der Waals surface area contributed by atoms with Gasteiger partial charge in [-0.1, -0.05) is 13.0 Å². The first kappa shape index (κ1) is 8.54. The van der Waals surface area contributed by atoms with Gasteiger partial charge in [0.25, 0.3) is 0 Å². The lowest BCUT2D eigenvalue weighted by Crippen LogP contribution is -1.96. The first-order valence-electron chi connectivity index (χ1n) is 3.64. The molecule has 3 heteroatoms. The van der Waals surface area contributed by atoms with Gasteiger partial charge >= 0.3 is 0 Å². The van der Waals surface area contributed by atoms with E-state index in [1.54, 1.807) is 6.07 Å². The maximum absolute atomic E-state index is 12.9. The predicted molar refractivity (Wildman–Crippen MR) is 46.5 cm³/mol. The van der Waals surface area contributed by atoms with Crippen molar-refractivity contribution >= 4 is 11.4 Å². The van der Waals surface area contributed by atoms with Gasteiger partial charge in [-0.3, -0.25) is 0 Å². The van der Waals surface area contributed by atoms with Crippen LogP contribution < -0.4 is 5.73 Å². The van der Waals surface area contributed by atoms with Gasteiger partial charge in [0.05, 0.1) is 12.3 Å². The molecule has 1 rings (SSSR count). The number of hydrogen-bond donors (Lipinski definition) is 1. The summed E-state index contributed by atoms with van der Waals surface area (Å²) in [6.07, 6.45) is 0.645. The molecule has 0 heterocycles. The third-order valence-electron chi connectivity index (χ3n) is 1.71. The fourth-order valence-electron chi connectivity index (χ4n) is 1.02. The third-order valence-corrected chi connectivity index (χ3v) is 1.71. The molecule has 0 saturated carbocycles. The highest BCUT2D eigenvalue weighted by Crippen LogP contribution is 2.24. The van der Waals surface area contributed by atoms with Crippen LogP contribution in [0.1, 0.15) is 12.5 Å². The molecule has 0 aliphatic carbocycles. The largest absolute Gasteiger partial charge is 0.396 e. The number of anilines is 1. The van der Waals surface area contributed by atoms with Crippen LogP contribution in [0.2, 0.25) is 0 Å². The topological polar surface area (TPSA) is 30.4 Å². The average Bonchev–Trinajstić information content (AvgIpc) is 2.09. The maximum Gasteiger partial charge on any atom is 0.190 e. The summed E-state index contributed by atoms with van der Waals surface area (Å²) in [6.45, 7) is 8.57. The first-order chi connectivity index (χ1) is 5.69. The summed E-state index contributed by atoms with van der Waals surface area (Å²) >= 11 is 0. The molecule has 0 radical (unpaired) electrons. The van der Waals surface area contributed by atoms with E-state index in [0.717, 1.165) is 6.07 Å². The lowest BCUT2D eigenvalue weighted by Gasteiger charge is -2.03. The Hall–Kier alpha value is -1.56. The molecule has 0 saturated heterocycles. The summed E-state index contributed by atoms with van der Waals surface area (Å²) in [7, 11) is 0. The lowest BCUT2D eigenvalue weighted by atomic mass is 10.1. The molecule has 0 aliphatic rings. The van der Waals surface area contributed by atoms with Gasteiger partial charge in [-0.25, -0.2) is 9.24 Å². The van der Waals surface area contributed by atoms with E-state index in [-0.39, 0.29) is 5.69 Å². The Bertz CT molecular complexity index is 339. The second-order valence-electron chi connectivity index (χ2n) is 2.47. The van der Waals surface area contributed by atoms with Crippen molar-refractivity contribution in [2.45, 2.75) is 13.3 Å². The molecule has 0 unspecified atom stereocenters. The van der Waals surface area contributed by atoms with E-state index in [0.29, 0.717) is 17.7 Å². The van der Waals surface area contributed by atoms with Gasteiger partial charge in [-0.15, -0.1) is 0 Å². The van der Waals surface area contributed by atoms with Crippen molar-refractivity contribution in [1.82, 2.24) is 0 Å². The van der Waals surface area contributed by atoms with E-state index in [2.05, 4.69) is 4.85 Å². The second-order valence-corrected chi connectivity index (χ2v) is 2.47. The zero-order valence-corrected chi connectivity index (χ0v) is 6.76. The van der Waals surface area contributed by atoms with Gasteiger partial charge in [0.2, 0.25) is 0 Å². The predicted octanol–water partition coefficient (Wildman–Crippen LogP) is 2.52. The summed E-state index contributed by atoms with van der Waals surface area (Å²) in [5, 5.41) is 0. The Balaban J connectivity index is 3.31. The minimum Gasteiger partial charge on any atom is -0.396 e. The van der Waals surface area contributed by atoms with Crippen molar-refractivity contribution in [3.05, 3.63) is 34.9 Å². The Morgan fingerprint density at radius 2 is 2.25 bits per heavy atom. The summed E-state index contributed by atoms with van der Waals surface area (Å²) in [5.41, 5.74) is 6.60. The lowest BCUT2D eigenvalue weighted by molar-refractivity contribution is 0.631. The molecule has 2 nitrogen and oxygen atoms in total. The fourth-order valence-corrected chi connectivity index (χ4v) is 1.02. The standard InChI is InChI=1S/C9H9FN2/c1-3-6-4-7(12-2)5-8(10)9(6)11/h4-5H,3,11H2,1H3. The zero-order valence-electron chi connectivity index (χ0n) is 6.76. The minimum atomic E-state index is -0.500. The molecule has 0 bridgehead atoms. The van der Waals surface area contributed by atoms with E-state index in [9.17, 15) is 4.39 Å². The molecular weight excluding hydrogens is 155 g/mol. The van der Waals surface area contributed by atoms with E-state index in [4.69, 9.17) is 12.3 Å². The number of benzene rings is 1. The number of aryl methyl sites for hydroxylation is 1. The fraction of sp³-hybridized carbons (Fsp3) is 0.222. The molecule has 12 heavy (non-hydrogen) atoms. The molecule has 62 valence electrons. The van der Waals surface area contributed by atoms with Crippen LogP contribution in [0, 0.1) is 12.4 Å². The number of rotatable bonds is 1. The molecule has 1 aromatic rings. The van der Waals surface area contributed by atoms with Crippen LogP contribution in [0.3, 0.4) is 0 Å². The van der Waals surface area contributed by atoms with Crippen LogP contribution in [-0.4, -0.2) is 0 Å². The molecule has 0 fully saturated rings. The van der Waals surface area contributed by atoms with Crippen LogP contribution >= 0.6 is 0 Å². The van der Waals surface area contributed by atoms with Gasteiger partial charge < -0.3 is 5.73 Å². The van der Waals surface area contributed by atoms with Gasteiger partial charge in [-0.05, 0) is 18.1 Å². The molecule has 0 atom stereocenters. The van der Waals surface area contributed by atoms with Gasteiger partial charge in [0.15, 0.2) is 5.69 Å². The molecular formula is C9H9FN2. The van der Waals surface area contributed by atoms with E-state index < -0.39 is 5.82 Å². The van der Waals surface area contributed by atoms with Gasteiger partial charge in [0, 0.05) is 0 Å². The summed E-state index contributed by atoms with van der Waals surface area (Å²) in [4.78, 5) is 3.14. The van der Waals surface area contributed by atoms with Crippen molar-refractivity contribution < 1.29 is 4.39 Å². The van der Waals surface area contributed by atoms with Crippen LogP contribution in [0.5, 0.6) is 0 Å². The minimum absolute atomic E-state index is 0.157. The monoisotopic (exact) mass is 164 g/mol. The second kappa shape index (κ2) is 3.22. The SMILES string of the molecule is [C-]#[N+]c1cc(F)c(N)c(CC)c1. The van der Waals surface area contributed by atoms with Crippen molar-refractivity contribution in [3.63, 3.8) is 0 Å². The van der Waals surface area contributed by atoms with Crippen molar-refractivity contribution in [3.8, 4) is 0 Å². The highest BCUT2D eigenvalue weighted by Gasteiger charge is 2.05. The molecule has 1 aromatic carbocycles. The highest BCUT2D eigenvalue weighted by molar-refractivity contribution is 5.58. The molecule has 0 aliphatic heterocycles. The van der Waals surface area contributed by atoms with Crippen LogP contribution in [-0.2, 0) is 6.42 Å². The van der Waals surface area contributed by atoms with Crippen molar-refractivity contribution in [2.75, 3.05) is 5.73 Å². The van der Waals surface area contributed by atoms with Gasteiger partial charge in [0.1, 0.15) is 5.82 Å². The molecule has 0 spiro atoms. The Morgan fingerprint density at radius 1 is 1.58 bits per heavy atom. The van der Waals surface area contributed by atoms with Crippen LogP contribution in [0.25, 0.3) is 4.85 Å². The number of hydrogen-bond acceptors (Lipinski definition) is 1. The number of nitrogens with zero attached hydrogens (tertiary/aromatic N) is 1. The van der Waals surface area contributed by atoms with Crippen molar-refractivity contribution in [2.24, 2.45) is 0 Å². The zero-order chi connectivity index (χ0) is 9.14. The summed E-state index contributed by atoms with van der Waals surface area (Å²) < 4.78 is 12.9. The molecule has 0 aromatic heterocycles. The Kier molecular flexibility index (Phi) is 2.29. The Labute approximate surface area is 70.6 Å². The molecule has 2 N–H and O–H groups in total. The number of nitrogen functional groups attached to an aromatic ring is 1. The highest BCUT2D eigenvalue weighted by atomic mass is 19.1. The summed E-state index contributed by atoms with van der Waals surface area (Å²) in [5.74, 6) is -0.500. The smallest absolute Gasteiger partial charge is 0.190 e. The Morgan fingerprint density at radius 3 is 2.75 bits per heavy atom. The first-order valence-corrected chi connectivity index (χ1v) is 3.64. The maximum atomic E-state index is 12.9. The van der Waals surface area contributed by atoms with E-state index in [1.807, 2.05) is 6.92 Å².